The van der Waals surface area contributed by atoms with Crippen molar-refractivity contribution in [3.05, 3.63) is 27.2 Å². The number of aromatic hydroxyl groups is 1. The lowest BCUT2D eigenvalue weighted by atomic mass is 10.0. The zero-order valence-corrected chi connectivity index (χ0v) is 14.6. The van der Waals surface area contributed by atoms with Gasteiger partial charge in [0.1, 0.15) is 12.4 Å². The number of alkyl halides is 1. The van der Waals surface area contributed by atoms with Crippen LogP contribution < -0.4 is 5.32 Å². The Bertz CT molecular complexity index is 433. The van der Waals surface area contributed by atoms with Crippen molar-refractivity contribution in [3.63, 3.8) is 0 Å². The normalized spacial score (nSPS) is 16.9. The Morgan fingerprint density at radius 2 is 1.95 bits per heavy atom. The molecule has 0 aromatic heterocycles. The molecule has 2 rings (SSSR count). The summed E-state index contributed by atoms with van der Waals surface area (Å²) in [6.45, 7) is 2.65. The SMILES string of the molecule is Cl.Cl.Oc1c(Cl)cc(Br)cc1[C@H](CF)N1CCNCC1. The Kier molecular flexibility index (Phi) is 9.38. The number of hydrogen-bond acceptors (Lipinski definition) is 3. The van der Waals surface area contributed by atoms with E-state index in [9.17, 15) is 9.50 Å². The average Bonchev–Trinajstić information content (AvgIpc) is 2.37. The molecule has 1 aromatic carbocycles. The summed E-state index contributed by atoms with van der Waals surface area (Å²) in [5.74, 6) is -0.0268. The van der Waals surface area contributed by atoms with E-state index in [0.717, 1.165) is 30.7 Å². The molecule has 1 heterocycles. The van der Waals surface area contributed by atoms with Crippen LogP contribution in [0, 0.1) is 0 Å². The van der Waals surface area contributed by atoms with Gasteiger partial charge in [-0.05, 0) is 12.1 Å². The number of rotatable bonds is 3. The highest BCUT2D eigenvalue weighted by Crippen LogP contribution is 2.37. The van der Waals surface area contributed by atoms with Crippen molar-refractivity contribution in [2.45, 2.75) is 6.04 Å². The van der Waals surface area contributed by atoms with Crippen molar-refractivity contribution >= 4 is 52.3 Å². The summed E-state index contributed by atoms with van der Waals surface area (Å²) in [6, 6.07) is 2.89. The van der Waals surface area contributed by atoms with E-state index in [0.29, 0.717) is 5.56 Å². The Morgan fingerprint density at radius 1 is 1.35 bits per heavy atom. The fourth-order valence-electron chi connectivity index (χ4n) is 2.21. The van der Waals surface area contributed by atoms with Gasteiger partial charge in [0.25, 0.3) is 0 Å². The van der Waals surface area contributed by atoms with Crippen LogP contribution in [0.2, 0.25) is 5.02 Å². The largest absolute Gasteiger partial charge is 0.506 e. The maximum atomic E-state index is 13.3. The van der Waals surface area contributed by atoms with Crippen LogP contribution in [0.4, 0.5) is 4.39 Å². The van der Waals surface area contributed by atoms with Crippen LogP contribution in [0.15, 0.2) is 16.6 Å². The lowest BCUT2D eigenvalue weighted by Gasteiger charge is -2.34. The van der Waals surface area contributed by atoms with Crippen molar-refractivity contribution in [2.24, 2.45) is 0 Å². The van der Waals surface area contributed by atoms with Crippen molar-refractivity contribution in [1.82, 2.24) is 10.2 Å². The third-order valence-electron chi connectivity index (χ3n) is 3.16. The van der Waals surface area contributed by atoms with Crippen LogP contribution >= 0.6 is 52.3 Å². The minimum Gasteiger partial charge on any atom is -0.506 e. The lowest BCUT2D eigenvalue weighted by molar-refractivity contribution is 0.145. The van der Waals surface area contributed by atoms with E-state index in [-0.39, 0.29) is 35.6 Å². The summed E-state index contributed by atoms with van der Waals surface area (Å²) in [5.41, 5.74) is 0.541. The summed E-state index contributed by atoms with van der Waals surface area (Å²) in [4.78, 5) is 2.02. The first kappa shape index (κ1) is 20.2. The molecule has 0 bridgehead atoms. The summed E-state index contributed by atoms with van der Waals surface area (Å²) in [6.07, 6.45) is 0. The molecule has 0 unspecified atom stereocenters. The maximum Gasteiger partial charge on any atom is 0.139 e. The molecule has 1 atom stereocenters. The molecule has 2 N–H and O–H groups in total. The Balaban J connectivity index is 0.00000180. The smallest absolute Gasteiger partial charge is 0.139 e. The van der Waals surface area contributed by atoms with E-state index in [2.05, 4.69) is 21.2 Å². The van der Waals surface area contributed by atoms with Gasteiger partial charge in [-0.1, -0.05) is 27.5 Å². The first-order chi connectivity index (χ1) is 8.63. The number of hydrogen-bond donors (Lipinski definition) is 2. The maximum absolute atomic E-state index is 13.3. The molecule has 1 aliphatic rings. The number of halogens is 5. The number of benzene rings is 1. The van der Waals surface area contributed by atoms with Crippen molar-refractivity contribution < 1.29 is 9.50 Å². The summed E-state index contributed by atoms with van der Waals surface area (Å²) >= 11 is 9.25. The summed E-state index contributed by atoms with van der Waals surface area (Å²) in [5, 5.41) is 13.5. The summed E-state index contributed by atoms with van der Waals surface area (Å²) < 4.78 is 14.1. The van der Waals surface area contributed by atoms with Crippen LogP contribution in [0.5, 0.6) is 5.75 Å². The zero-order valence-electron chi connectivity index (χ0n) is 10.6. The number of nitrogens with zero attached hydrogens (tertiary/aromatic N) is 1. The molecule has 3 nitrogen and oxygen atoms in total. The lowest BCUT2D eigenvalue weighted by Crippen LogP contribution is -2.45. The van der Waals surface area contributed by atoms with Gasteiger partial charge in [-0.25, -0.2) is 4.39 Å². The van der Waals surface area contributed by atoms with Gasteiger partial charge in [-0.3, -0.25) is 4.90 Å². The summed E-state index contributed by atoms with van der Waals surface area (Å²) in [7, 11) is 0. The van der Waals surface area contributed by atoms with Gasteiger partial charge in [0.2, 0.25) is 0 Å². The molecule has 20 heavy (non-hydrogen) atoms. The molecule has 1 saturated heterocycles. The fraction of sp³-hybridized carbons (Fsp3) is 0.500. The molecule has 116 valence electrons. The van der Waals surface area contributed by atoms with E-state index < -0.39 is 12.7 Å². The van der Waals surface area contributed by atoms with Gasteiger partial charge in [0.05, 0.1) is 11.1 Å². The van der Waals surface area contributed by atoms with E-state index in [1.165, 1.54) is 0 Å². The molecular weight excluding hydrogens is 393 g/mol. The fourth-order valence-corrected chi connectivity index (χ4v) is 3.05. The van der Waals surface area contributed by atoms with Crippen LogP contribution in [0.25, 0.3) is 0 Å². The molecule has 1 aromatic rings. The monoisotopic (exact) mass is 408 g/mol. The average molecular weight is 411 g/mol. The van der Waals surface area contributed by atoms with Gasteiger partial charge in [-0.2, -0.15) is 0 Å². The van der Waals surface area contributed by atoms with Gasteiger partial charge in [-0.15, -0.1) is 24.8 Å². The number of phenolic OH excluding ortho intramolecular Hbond substituents is 1. The second-order valence-corrected chi connectivity index (χ2v) is 5.60. The number of piperazine rings is 1. The van der Waals surface area contributed by atoms with E-state index in [4.69, 9.17) is 11.6 Å². The predicted molar refractivity (Wildman–Crippen MR) is 88.5 cm³/mol. The van der Waals surface area contributed by atoms with E-state index in [1.54, 1.807) is 12.1 Å². The van der Waals surface area contributed by atoms with Gasteiger partial charge < -0.3 is 10.4 Å². The van der Waals surface area contributed by atoms with Crippen LogP contribution in [0.1, 0.15) is 11.6 Å². The minimum atomic E-state index is -0.541. The molecular formula is C12H17BrCl3FN2O. The first-order valence-electron chi connectivity index (χ1n) is 5.82. The molecule has 0 spiro atoms. The van der Waals surface area contributed by atoms with Crippen molar-refractivity contribution in [1.29, 1.82) is 0 Å². The van der Waals surface area contributed by atoms with Crippen LogP contribution in [-0.2, 0) is 0 Å². The predicted octanol–water partition coefficient (Wildman–Crippen LogP) is 3.57. The third kappa shape index (κ3) is 4.61. The van der Waals surface area contributed by atoms with Crippen molar-refractivity contribution in [3.8, 4) is 5.75 Å². The molecule has 8 heteroatoms. The number of nitrogens with one attached hydrogen (secondary N) is 1. The van der Waals surface area contributed by atoms with E-state index >= 15 is 0 Å². The first-order valence-corrected chi connectivity index (χ1v) is 6.99. The highest BCUT2D eigenvalue weighted by Gasteiger charge is 2.25. The molecule has 0 radical (unpaired) electrons. The van der Waals surface area contributed by atoms with Crippen LogP contribution in [0.3, 0.4) is 0 Å². The van der Waals surface area contributed by atoms with Gasteiger partial charge >= 0.3 is 0 Å². The second kappa shape index (κ2) is 9.28. The minimum absolute atomic E-state index is 0. The topological polar surface area (TPSA) is 35.5 Å². The highest BCUT2D eigenvalue weighted by atomic mass is 79.9. The van der Waals surface area contributed by atoms with Crippen molar-refractivity contribution in [2.75, 3.05) is 32.9 Å². The molecule has 0 amide bonds. The standard InChI is InChI=1S/C12H15BrClFN2O.2ClH/c13-8-5-9(12(18)10(14)6-8)11(7-15)17-3-1-16-2-4-17;;/h5-6,11,16,18H,1-4,7H2;2*1H/t11-;;/m0../s1. The molecule has 1 aliphatic heterocycles. The Hall–Kier alpha value is 0.220. The molecule has 0 aliphatic carbocycles. The second-order valence-electron chi connectivity index (χ2n) is 4.28. The third-order valence-corrected chi connectivity index (χ3v) is 3.90. The quantitative estimate of drug-likeness (QED) is 0.800. The zero-order chi connectivity index (χ0) is 13.1. The highest BCUT2D eigenvalue weighted by molar-refractivity contribution is 9.10. The Morgan fingerprint density at radius 3 is 2.50 bits per heavy atom. The van der Waals surface area contributed by atoms with Gasteiger partial charge in [0.15, 0.2) is 0 Å². The number of phenols is 1. The van der Waals surface area contributed by atoms with Crippen LogP contribution in [-0.4, -0.2) is 42.9 Å². The molecule has 0 saturated carbocycles. The van der Waals surface area contributed by atoms with Gasteiger partial charge in [0, 0.05) is 36.2 Å². The molecule has 1 fully saturated rings. The van der Waals surface area contributed by atoms with E-state index in [1.807, 2.05) is 4.90 Å². The Labute approximate surface area is 143 Å².